The van der Waals surface area contributed by atoms with Crippen LogP contribution in [0.25, 0.3) is 0 Å². The fraction of sp³-hybridized carbons (Fsp3) is 0.214. The highest BCUT2D eigenvalue weighted by Gasteiger charge is 2.21. The molecular formula is C14H12I2N2. The number of pyridine rings is 1. The van der Waals surface area contributed by atoms with Crippen molar-refractivity contribution in [1.82, 2.24) is 4.98 Å². The standard InChI is InChI=1S/C14H12I2N2/c15-7-10-3-4-12(16)6-14(10)18-8-11-2-1-5-17-13(11)9-18/h1-6H,7-9H2. The molecule has 0 spiro atoms. The van der Waals surface area contributed by atoms with Gasteiger partial charge in [0.2, 0.25) is 0 Å². The molecule has 0 saturated heterocycles. The van der Waals surface area contributed by atoms with E-state index in [2.05, 4.69) is 79.3 Å². The molecule has 0 N–H and O–H groups in total. The summed E-state index contributed by atoms with van der Waals surface area (Å²) in [5.74, 6) is 0. The fourth-order valence-electron chi connectivity index (χ4n) is 2.31. The third kappa shape index (κ3) is 2.36. The Hall–Kier alpha value is -0.370. The lowest BCUT2D eigenvalue weighted by Gasteiger charge is -2.21. The van der Waals surface area contributed by atoms with Crippen LogP contribution < -0.4 is 4.90 Å². The van der Waals surface area contributed by atoms with E-state index in [-0.39, 0.29) is 0 Å². The van der Waals surface area contributed by atoms with Crippen LogP contribution in [0.2, 0.25) is 0 Å². The van der Waals surface area contributed by atoms with Crippen LogP contribution in [0.4, 0.5) is 5.69 Å². The van der Waals surface area contributed by atoms with Crippen LogP contribution in [0.3, 0.4) is 0 Å². The number of halogens is 2. The van der Waals surface area contributed by atoms with Crippen molar-refractivity contribution >= 4 is 50.9 Å². The molecule has 4 heteroatoms. The lowest BCUT2D eigenvalue weighted by atomic mass is 10.2. The molecule has 1 aliphatic rings. The van der Waals surface area contributed by atoms with Crippen molar-refractivity contribution in [2.75, 3.05) is 4.90 Å². The molecule has 3 rings (SSSR count). The van der Waals surface area contributed by atoms with Gasteiger partial charge in [0, 0.05) is 26.4 Å². The Bertz CT molecular complexity index is 559. The lowest BCUT2D eigenvalue weighted by molar-refractivity contribution is 0.865. The molecule has 2 nitrogen and oxygen atoms in total. The minimum atomic E-state index is 0.930. The average molecular weight is 462 g/mol. The molecule has 18 heavy (non-hydrogen) atoms. The molecule has 2 heterocycles. The van der Waals surface area contributed by atoms with Crippen LogP contribution in [-0.4, -0.2) is 4.98 Å². The molecular weight excluding hydrogens is 450 g/mol. The van der Waals surface area contributed by atoms with E-state index >= 15 is 0 Å². The van der Waals surface area contributed by atoms with Gasteiger partial charge in [-0.05, 0) is 51.9 Å². The Morgan fingerprint density at radius 2 is 2.11 bits per heavy atom. The lowest BCUT2D eigenvalue weighted by Crippen LogP contribution is -2.16. The molecule has 1 aromatic carbocycles. The third-order valence-corrected chi connectivity index (χ3v) is 4.71. The Balaban J connectivity index is 1.97. The van der Waals surface area contributed by atoms with Crippen LogP contribution in [0.1, 0.15) is 16.8 Å². The van der Waals surface area contributed by atoms with Crippen molar-refractivity contribution in [1.29, 1.82) is 0 Å². The van der Waals surface area contributed by atoms with Crippen LogP contribution >= 0.6 is 45.2 Å². The number of nitrogens with zero attached hydrogens (tertiary/aromatic N) is 2. The maximum absolute atomic E-state index is 4.47. The van der Waals surface area contributed by atoms with Crippen molar-refractivity contribution in [3.05, 3.63) is 56.9 Å². The maximum atomic E-state index is 4.47. The topological polar surface area (TPSA) is 16.1 Å². The quantitative estimate of drug-likeness (QED) is 0.493. The van der Waals surface area contributed by atoms with Gasteiger partial charge in [-0.25, -0.2) is 0 Å². The second-order valence-electron chi connectivity index (χ2n) is 4.37. The Kier molecular flexibility index (Phi) is 3.74. The number of benzene rings is 1. The number of fused-ring (bicyclic) bond motifs is 1. The third-order valence-electron chi connectivity index (χ3n) is 3.22. The van der Waals surface area contributed by atoms with E-state index in [1.54, 1.807) is 0 Å². The van der Waals surface area contributed by atoms with Crippen molar-refractivity contribution < 1.29 is 0 Å². The molecule has 1 aliphatic heterocycles. The minimum absolute atomic E-state index is 0.930. The van der Waals surface area contributed by atoms with Crippen LogP contribution in [0.15, 0.2) is 36.5 Å². The smallest absolute Gasteiger partial charge is 0.0646 e. The van der Waals surface area contributed by atoms with Crippen molar-refractivity contribution in [2.24, 2.45) is 0 Å². The van der Waals surface area contributed by atoms with Crippen molar-refractivity contribution in [2.45, 2.75) is 17.5 Å². The summed E-state index contributed by atoms with van der Waals surface area (Å²) in [6, 6.07) is 10.9. The van der Waals surface area contributed by atoms with Gasteiger partial charge < -0.3 is 4.90 Å². The molecule has 0 bridgehead atoms. The Labute approximate surface area is 134 Å². The SMILES string of the molecule is ICc1ccc(I)cc1N1Cc2cccnc2C1. The van der Waals surface area contributed by atoms with Gasteiger partial charge in [-0.3, -0.25) is 4.98 Å². The summed E-state index contributed by atoms with van der Waals surface area (Å²) in [4.78, 5) is 6.89. The summed E-state index contributed by atoms with van der Waals surface area (Å²) in [6.45, 7) is 1.91. The zero-order valence-electron chi connectivity index (χ0n) is 9.74. The molecule has 92 valence electrons. The molecule has 0 saturated carbocycles. The molecule has 0 radical (unpaired) electrons. The van der Waals surface area contributed by atoms with Crippen molar-refractivity contribution in [3.8, 4) is 0 Å². The molecule has 0 unspecified atom stereocenters. The first-order valence-electron chi connectivity index (χ1n) is 5.80. The summed E-state index contributed by atoms with van der Waals surface area (Å²) in [5, 5.41) is 0. The largest absolute Gasteiger partial charge is 0.361 e. The van der Waals surface area contributed by atoms with Crippen LogP contribution in [0, 0.1) is 3.57 Å². The van der Waals surface area contributed by atoms with Crippen LogP contribution in [0.5, 0.6) is 0 Å². The summed E-state index contributed by atoms with van der Waals surface area (Å²) >= 11 is 4.81. The van der Waals surface area contributed by atoms with E-state index in [9.17, 15) is 0 Å². The second-order valence-corrected chi connectivity index (χ2v) is 6.38. The maximum Gasteiger partial charge on any atom is 0.0646 e. The summed E-state index contributed by atoms with van der Waals surface area (Å²) in [7, 11) is 0. The first kappa shape index (κ1) is 12.7. The molecule has 0 aliphatic carbocycles. The van der Waals surface area contributed by atoms with Crippen LogP contribution in [-0.2, 0) is 17.5 Å². The number of alkyl halides is 1. The van der Waals surface area contributed by atoms with E-state index in [0.29, 0.717) is 0 Å². The number of anilines is 1. The monoisotopic (exact) mass is 462 g/mol. The van der Waals surface area contributed by atoms with E-state index in [1.165, 1.54) is 26.1 Å². The van der Waals surface area contributed by atoms with Crippen molar-refractivity contribution in [3.63, 3.8) is 0 Å². The fourth-order valence-corrected chi connectivity index (χ4v) is 3.43. The minimum Gasteiger partial charge on any atom is -0.361 e. The molecule has 0 fully saturated rings. The van der Waals surface area contributed by atoms with E-state index in [4.69, 9.17) is 0 Å². The number of rotatable bonds is 2. The summed E-state index contributed by atoms with van der Waals surface area (Å²) in [5.41, 5.74) is 5.34. The van der Waals surface area contributed by atoms with Gasteiger partial charge in [-0.2, -0.15) is 0 Å². The summed E-state index contributed by atoms with van der Waals surface area (Å²) in [6.07, 6.45) is 1.89. The van der Waals surface area contributed by atoms with Gasteiger partial charge in [-0.1, -0.05) is 34.7 Å². The van der Waals surface area contributed by atoms with Gasteiger partial charge in [0.1, 0.15) is 0 Å². The molecule has 1 aromatic heterocycles. The van der Waals surface area contributed by atoms with Gasteiger partial charge >= 0.3 is 0 Å². The van der Waals surface area contributed by atoms with E-state index < -0.39 is 0 Å². The van der Waals surface area contributed by atoms with E-state index in [1.807, 2.05) is 12.3 Å². The number of aromatic nitrogens is 1. The predicted octanol–water partition coefficient (Wildman–Crippen LogP) is 4.14. The van der Waals surface area contributed by atoms with Gasteiger partial charge in [0.05, 0.1) is 12.2 Å². The summed E-state index contributed by atoms with van der Waals surface area (Å²) < 4.78 is 2.34. The zero-order valence-corrected chi connectivity index (χ0v) is 14.1. The first-order valence-corrected chi connectivity index (χ1v) is 8.40. The molecule has 0 atom stereocenters. The number of hydrogen-bond acceptors (Lipinski definition) is 2. The zero-order chi connectivity index (χ0) is 12.5. The average Bonchev–Trinajstić information content (AvgIpc) is 2.82. The second kappa shape index (κ2) is 5.32. The molecule has 0 amide bonds. The van der Waals surface area contributed by atoms with Gasteiger partial charge in [-0.15, -0.1) is 0 Å². The first-order chi connectivity index (χ1) is 8.78. The van der Waals surface area contributed by atoms with Gasteiger partial charge in [0.25, 0.3) is 0 Å². The Morgan fingerprint density at radius 1 is 1.22 bits per heavy atom. The highest BCUT2D eigenvalue weighted by Crippen LogP contribution is 2.31. The molecule has 2 aromatic rings. The normalized spacial score (nSPS) is 13.8. The van der Waals surface area contributed by atoms with E-state index in [0.717, 1.165) is 17.5 Å². The highest BCUT2D eigenvalue weighted by molar-refractivity contribution is 14.1. The Morgan fingerprint density at radius 3 is 2.89 bits per heavy atom. The highest BCUT2D eigenvalue weighted by atomic mass is 127. The predicted molar refractivity (Wildman–Crippen MR) is 91.0 cm³/mol. The number of hydrogen-bond donors (Lipinski definition) is 0. The van der Waals surface area contributed by atoms with Gasteiger partial charge in [0.15, 0.2) is 0 Å².